The van der Waals surface area contributed by atoms with Gasteiger partial charge in [-0.15, -0.1) is 0 Å². The monoisotopic (exact) mass is 246 g/mol. The van der Waals surface area contributed by atoms with Crippen molar-refractivity contribution in [3.8, 4) is 5.88 Å². The lowest BCUT2D eigenvalue weighted by molar-refractivity contribution is 0.398. The van der Waals surface area contributed by atoms with E-state index in [4.69, 9.17) is 4.74 Å². The van der Waals surface area contributed by atoms with Crippen LogP contribution in [-0.2, 0) is 13.6 Å². The second-order valence-corrected chi connectivity index (χ2v) is 4.21. The molecular weight excluding hydrogens is 228 g/mol. The van der Waals surface area contributed by atoms with Crippen molar-refractivity contribution in [2.75, 3.05) is 12.4 Å². The molecule has 0 amide bonds. The predicted octanol–water partition coefficient (Wildman–Crippen LogP) is 2.05. The van der Waals surface area contributed by atoms with E-state index in [-0.39, 0.29) is 0 Å². The van der Waals surface area contributed by atoms with Crippen molar-refractivity contribution < 1.29 is 4.74 Å². The van der Waals surface area contributed by atoms with E-state index in [1.807, 2.05) is 30.8 Å². The Morgan fingerprint density at radius 3 is 2.78 bits per heavy atom. The number of hydrogen-bond acceptors (Lipinski definition) is 4. The maximum Gasteiger partial charge on any atom is 0.214 e. The van der Waals surface area contributed by atoms with Gasteiger partial charge >= 0.3 is 0 Å². The van der Waals surface area contributed by atoms with Crippen LogP contribution in [0.3, 0.4) is 0 Å². The summed E-state index contributed by atoms with van der Waals surface area (Å²) in [6.07, 6.45) is 1.73. The van der Waals surface area contributed by atoms with Crippen molar-refractivity contribution in [3.05, 3.63) is 35.3 Å². The van der Waals surface area contributed by atoms with E-state index in [1.165, 1.54) is 11.3 Å². The van der Waals surface area contributed by atoms with E-state index in [2.05, 4.69) is 22.3 Å². The van der Waals surface area contributed by atoms with E-state index >= 15 is 0 Å². The summed E-state index contributed by atoms with van der Waals surface area (Å²) in [4.78, 5) is 4.07. The largest absolute Gasteiger partial charge is 0.481 e. The first-order chi connectivity index (χ1) is 8.61. The van der Waals surface area contributed by atoms with E-state index < -0.39 is 0 Å². The molecule has 1 N–H and O–H groups in total. The third-order valence-electron chi connectivity index (χ3n) is 3.07. The van der Waals surface area contributed by atoms with Gasteiger partial charge in [0.25, 0.3) is 0 Å². The molecule has 0 bridgehead atoms. The Morgan fingerprint density at radius 2 is 2.17 bits per heavy atom. The number of anilines is 1. The minimum absolute atomic E-state index is 0.611. The SMILES string of the molecule is COc1cc(NCc2c(C)nn(C)c2C)ccn1. The number of nitrogens with one attached hydrogen (secondary N) is 1. The maximum atomic E-state index is 5.09. The van der Waals surface area contributed by atoms with Crippen LogP contribution >= 0.6 is 0 Å². The lowest BCUT2D eigenvalue weighted by Gasteiger charge is -2.08. The highest BCUT2D eigenvalue weighted by Crippen LogP contribution is 2.17. The molecule has 0 saturated heterocycles. The van der Waals surface area contributed by atoms with E-state index in [9.17, 15) is 0 Å². The fourth-order valence-electron chi connectivity index (χ4n) is 1.89. The normalized spacial score (nSPS) is 10.4. The molecule has 18 heavy (non-hydrogen) atoms. The smallest absolute Gasteiger partial charge is 0.214 e. The Balaban J connectivity index is 2.11. The summed E-state index contributed by atoms with van der Waals surface area (Å²) in [5.74, 6) is 0.611. The molecule has 2 rings (SSSR count). The van der Waals surface area contributed by atoms with Crippen LogP contribution in [0.1, 0.15) is 17.0 Å². The molecule has 0 aliphatic carbocycles. The summed E-state index contributed by atoms with van der Waals surface area (Å²) in [6.45, 7) is 4.85. The standard InChI is InChI=1S/C13H18N4O/c1-9-12(10(2)17(3)16-9)8-15-11-5-6-14-13(7-11)18-4/h5-7H,8H2,1-4H3,(H,14,15). The van der Waals surface area contributed by atoms with Gasteiger partial charge in [-0.25, -0.2) is 4.98 Å². The van der Waals surface area contributed by atoms with Gasteiger partial charge in [-0.05, 0) is 19.9 Å². The Bertz CT molecular complexity index is 548. The summed E-state index contributed by atoms with van der Waals surface area (Å²) in [5.41, 5.74) is 4.46. The van der Waals surface area contributed by atoms with Gasteiger partial charge in [0.2, 0.25) is 5.88 Å². The Labute approximate surface area is 107 Å². The van der Waals surface area contributed by atoms with Gasteiger partial charge in [-0.3, -0.25) is 4.68 Å². The molecule has 0 spiro atoms. The Morgan fingerprint density at radius 1 is 1.39 bits per heavy atom. The van der Waals surface area contributed by atoms with Gasteiger partial charge < -0.3 is 10.1 Å². The number of nitrogens with zero attached hydrogens (tertiary/aromatic N) is 3. The summed E-state index contributed by atoms with van der Waals surface area (Å²) in [5, 5.41) is 7.75. The van der Waals surface area contributed by atoms with Gasteiger partial charge in [-0.2, -0.15) is 5.10 Å². The summed E-state index contributed by atoms with van der Waals surface area (Å²) in [7, 11) is 3.57. The third-order valence-corrected chi connectivity index (χ3v) is 3.07. The fraction of sp³-hybridized carbons (Fsp3) is 0.385. The Hall–Kier alpha value is -2.04. The molecule has 2 aromatic rings. The lowest BCUT2D eigenvalue weighted by Crippen LogP contribution is -2.02. The molecule has 96 valence electrons. The second-order valence-electron chi connectivity index (χ2n) is 4.21. The Kier molecular flexibility index (Phi) is 3.50. The number of methoxy groups -OCH3 is 1. The van der Waals surface area contributed by atoms with E-state index in [0.717, 1.165) is 17.9 Å². The lowest BCUT2D eigenvalue weighted by atomic mass is 10.2. The summed E-state index contributed by atoms with van der Waals surface area (Å²) >= 11 is 0. The molecule has 0 atom stereocenters. The fourth-order valence-corrected chi connectivity index (χ4v) is 1.89. The second kappa shape index (κ2) is 5.08. The molecule has 0 aliphatic rings. The van der Waals surface area contributed by atoms with Gasteiger partial charge in [0.05, 0.1) is 12.8 Å². The van der Waals surface area contributed by atoms with Crippen molar-refractivity contribution in [2.24, 2.45) is 7.05 Å². The average Bonchev–Trinajstić information content (AvgIpc) is 2.61. The van der Waals surface area contributed by atoms with Crippen LogP contribution in [0.25, 0.3) is 0 Å². The van der Waals surface area contributed by atoms with Gasteiger partial charge in [0.15, 0.2) is 0 Å². The van der Waals surface area contributed by atoms with Crippen molar-refractivity contribution in [1.82, 2.24) is 14.8 Å². The maximum absolute atomic E-state index is 5.09. The number of aromatic nitrogens is 3. The van der Waals surface area contributed by atoms with Crippen molar-refractivity contribution in [3.63, 3.8) is 0 Å². The topological polar surface area (TPSA) is 52.0 Å². The van der Waals surface area contributed by atoms with Crippen LogP contribution in [0, 0.1) is 13.8 Å². The average molecular weight is 246 g/mol. The van der Waals surface area contributed by atoms with E-state index in [0.29, 0.717) is 5.88 Å². The number of ether oxygens (including phenoxy) is 1. The minimum atomic E-state index is 0.611. The van der Waals surface area contributed by atoms with Crippen molar-refractivity contribution >= 4 is 5.69 Å². The van der Waals surface area contributed by atoms with Crippen LogP contribution in [0.15, 0.2) is 18.3 Å². The highest BCUT2D eigenvalue weighted by atomic mass is 16.5. The predicted molar refractivity (Wildman–Crippen MR) is 70.8 cm³/mol. The van der Waals surface area contributed by atoms with Crippen molar-refractivity contribution in [2.45, 2.75) is 20.4 Å². The van der Waals surface area contributed by atoms with Crippen LogP contribution in [-0.4, -0.2) is 21.9 Å². The van der Waals surface area contributed by atoms with Gasteiger partial charge in [0, 0.05) is 42.8 Å². The molecular formula is C13H18N4O. The van der Waals surface area contributed by atoms with E-state index in [1.54, 1.807) is 13.3 Å². The highest BCUT2D eigenvalue weighted by Gasteiger charge is 2.08. The molecule has 0 fully saturated rings. The van der Waals surface area contributed by atoms with Crippen LogP contribution in [0.5, 0.6) is 5.88 Å². The molecule has 0 aliphatic heterocycles. The highest BCUT2D eigenvalue weighted by molar-refractivity contribution is 5.46. The number of rotatable bonds is 4. The number of hydrogen-bond donors (Lipinski definition) is 1. The minimum Gasteiger partial charge on any atom is -0.481 e. The van der Waals surface area contributed by atoms with Crippen molar-refractivity contribution in [1.29, 1.82) is 0 Å². The number of pyridine rings is 1. The van der Waals surface area contributed by atoms with Gasteiger partial charge in [-0.1, -0.05) is 0 Å². The molecule has 0 saturated carbocycles. The zero-order chi connectivity index (χ0) is 13.1. The molecule has 2 heterocycles. The molecule has 0 unspecified atom stereocenters. The first-order valence-corrected chi connectivity index (χ1v) is 5.85. The van der Waals surface area contributed by atoms with Gasteiger partial charge in [0.1, 0.15) is 0 Å². The zero-order valence-electron chi connectivity index (χ0n) is 11.2. The first-order valence-electron chi connectivity index (χ1n) is 5.85. The molecule has 2 aromatic heterocycles. The number of aryl methyl sites for hydroxylation is 2. The van der Waals surface area contributed by atoms with Crippen LogP contribution < -0.4 is 10.1 Å². The first kappa shape index (κ1) is 12.4. The molecule has 5 nitrogen and oxygen atoms in total. The zero-order valence-corrected chi connectivity index (χ0v) is 11.2. The van der Waals surface area contributed by atoms with Crippen LogP contribution in [0.4, 0.5) is 5.69 Å². The quantitative estimate of drug-likeness (QED) is 0.897. The molecule has 0 radical (unpaired) electrons. The van der Waals surface area contributed by atoms with Crippen LogP contribution in [0.2, 0.25) is 0 Å². The summed E-state index contributed by atoms with van der Waals surface area (Å²) < 4.78 is 6.99. The summed E-state index contributed by atoms with van der Waals surface area (Å²) in [6, 6.07) is 3.80. The molecule has 5 heteroatoms. The molecule has 0 aromatic carbocycles. The third kappa shape index (κ3) is 2.45.